The topological polar surface area (TPSA) is 118 Å². The number of hydrogen-bond donors (Lipinski definition) is 3. The predicted molar refractivity (Wildman–Crippen MR) is 90.8 cm³/mol. The number of nitrogens with zero attached hydrogens (tertiary/aromatic N) is 2. The van der Waals surface area contributed by atoms with E-state index in [1.54, 1.807) is 6.92 Å². The van der Waals surface area contributed by atoms with Crippen LogP contribution >= 0.6 is 11.6 Å². The van der Waals surface area contributed by atoms with Crippen LogP contribution < -0.4 is 5.32 Å². The molecule has 0 aromatic carbocycles. The van der Waals surface area contributed by atoms with Crippen LogP contribution in [0.2, 0.25) is 5.02 Å². The van der Waals surface area contributed by atoms with Gasteiger partial charge >= 0.3 is 6.09 Å². The number of aromatic amines is 1. The van der Waals surface area contributed by atoms with E-state index in [2.05, 4.69) is 10.3 Å². The molecule has 9 heteroatoms. The Morgan fingerprint density at radius 3 is 2.88 bits per heavy atom. The van der Waals surface area contributed by atoms with E-state index >= 15 is 0 Å². The molecule has 1 aliphatic heterocycles. The van der Waals surface area contributed by atoms with Crippen molar-refractivity contribution in [3.05, 3.63) is 22.0 Å². The monoisotopic (exact) mass is 368 g/mol. The number of amides is 2. The Balaban J connectivity index is 2.14. The minimum atomic E-state index is -1.01. The van der Waals surface area contributed by atoms with Crippen LogP contribution in [0.25, 0.3) is 0 Å². The lowest BCUT2D eigenvalue weighted by atomic mass is 10.0. The molecule has 2 atom stereocenters. The number of aryl methyl sites for hydroxylation is 1. The average Bonchev–Trinajstić information content (AvgIpc) is 2.88. The fraction of sp³-hybridized carbons (Fsp3) is 0.562. The van der Waals surface area contributed by atoms with Crippen LogP contribution in [0.5, 0.6) is 0 Å². The molecule has 1 aromatic heterocycles. The van der Waals surface area contributed by atoms with Gasteiger partial charge in [0.05, 0.1) is 23.7 Å². The molecule has 1 fully saturated rings. The second-order valence-corrected chi connectivity index (χ2v) is 6.31. The van der Waals surface area contributed by atoms with Crippen molar-refractivity contribution in [3.8, 4) is 6.07 Å². The molecule has 1 aliphatic rings. The van der Waals surface area contributed by atoms with Crippen LogP contribution in [0.15, 0.2) is 0 Å². The molecule has 2 heterocycles. The molecule has 25 heavy (non-hydrogen) atoms. The third-order valence-corrected chi connectivity index (χ3v) is 4.60. The highest BCUT2D eigenvalue weighted by molar-refractivity contribution is 6.33. The van der Waals surface area contributed by atoms with E-state index in [9.17, 15) is 14.9 Å². The van der Waals surface area contributed by atoms with E-state index in [1.165, 1.54) is 4.90 Å². The zero-order valence-corrected chi connectivity index (χ0v) is 14.9. The summed E-state index contributed by atoms with van der Waals surface area (Å²) in [5, 5.41) is 21.4. The van der Waals surface area contributed by atoms with Gasteiger partial charge in [-0.15, -0.1) is 0 Å². The van der Waals surface area contributed by atoms with Crippen LogP contribution in [0, 0.1) is 18.3 Å². The van der Waals surface area contributed by atoms with Crippen molar-refractivity contribution < 1.29 is 19.4 Å². The highest BCUT2D eigenvalue weighted by Gasteiger charge is 2.34. The van der Waals surface area contributed by atoms with Gasteiger partial charge in [-0.25, -0.2) is 4.79 Å². The van der Waals surface area contributed by atoms with Crippen molar-refractivity contribution in [3.63, 3.8) is 0 Å². The number of rotatable bonds is 5. The first kappa shape index (κ1) is 19.1. The Bertz CT molecular complexity index is 697. The lowest BCUT2D eigenvalue weighted by Crippen LogP contribution is -2.56. The van der Waals surface area contributed by atoms with Gasteiger partial charge in [0, 0.05) is 18.8 Å². The Morgan fingerprint density at radius 2 is 2.28 bits per heavy atom. The van der Waals surface area contributed by atoms with Crippen LogP contribution in [0.3, 0.4) is 0 Å². The molecule has 0 saturated carbocycles. The molecule has 2 rings (SSSR count). The molecular formula is C16H21ClN4O4. The van der Waals surface area contributed by atoms with Gasteiger partial charge < -0.3 is 25.0 Å². The summed E-state index contributed by atoms with van der Waals surface area (Å²) in [6.45, 7) is 4.60. The normalized spacial score (nSPS) is 20.2. The molecule has 0 aliphatic carbocycles. The van der Waals surface area contributed by atoms with Crippen molar-refractivity contribution in [2.45, 2.75) is 38.8 Å². The van der Waals surface area contributed by atoms with Crippen molar-refractivity contribution in [1.29, 1.82) is 5.26 Å². The molecule has 0 spiro atoms. The highest BCUT2D eigenvalue weighted by Crippen LogP contribution is 2.24. The van der Waals surface area contributed by atoms with Gasteiger partial charge in [0.25, 0.3) is 5.91 Å². The quantitative estimate of drug-likeness (QED) is 0.735. The number of piperidine rings is 1. The fourth-order valence-electron chi connectivity index (χ4n) is 2.81. The molecule has 8 nitrogen and oxygen atoms in total. The largest absolute Gasteiger partial charge is 0.465 e. The number of carboxylic acid groups (broad SMARTS) is 1. The van der Waals surface area contributed by atoms with E-state index in [0.29, 0.717) is 25.3 Å². The van der Waals surface area contributed by atoms with Gasteiger partial charge in [-0.05, 0) is 19.8 Å². The number of nitriles is 1. The minimum Gasteiger partial charge on any atom is -0.465 e. The first-order chi connectivity index (χ1) is 11.9. The van der Waals surface area contributed by atoms with Crippen LogP contribution in [0.4, 0.5) is 4.79 Å². The summed E-state index contributed by atoms with van der Waals surface area (Å²) >= 11 is 6.02. The number of H-pyrrole nitrogens is 1. The molecule has 0 unspecified atom stereocenters. The Hall–Kier alpha value is -2.24. The smallest absolute Gasteiger partial charge is 0.407 e. The maximum atomic E-state index is 12.6. The zero-order chi connectivity index (χ0) is 18.6. The number of halogens is 1. The highest BCUT2D eigenvalue weighted by atomic mass is 35.5. The maximum absolute atomic E-state index is 12.6. The summed E-state index contributed by atoms with van der Waals surface area (Å²) in [4.78, 5) is 27.8. The first-order valence-corrected chi connectivity index (χ1v) is 8.45. The lowest BCUT2D eigenvalue weighted by molar-refractivity contribution is -0.0162. The van der Waals surface area contributed by atoms with E-state index in [1.807, 2.05) is 13.0 Å². The molecule has 136 valence electrons. The predicted octanol–water partition coefficient (Wildman–Crippen LogP) is 2.13. The zero-order valence-electron chi connectivity index (χ0n) is 14.1. The summed E-state index contributed by atoms with van der Waals surface area (Å²) in [7, 11) is 0. The Morgan fingerprint density at radius 1 is 1.56 bits per heavy atom. The van der Waals surface area contributed by atoms with Crippen LogP contribution in [-0.2, 0) is 4.74 Å². The molecule has 1 saturated heterocycles. The van der Waals surface area contributed by atoms with Crippen LogP contribution in [0.1, 0.15) is 41.5 Å². The summed E-state index contributed by atoms with van der Waals surface area (Å²) in [5.41, 5.74) is 0.758. The number of ether oxygens (including phenoxy) is 1. The van der Waals surface area contributed by atoms with Crippen molar-refractivity contribution in [1.82, 2.24) is 15.2 Å². The van der Waals surface area contributed by atoms with Crippen molar-refractivity contribution >= 4 is 23.6 Å². The number of nitrogens with one attached hydrogen (secondary N) is 2. The van der Waals surface area contributed by atoms with Gasteiger partial charge in [-0.1, -0.05) is 18.5 Å². The van der Waals surface area contributed by atoms with E-state index < -0.39 is 18.1 Å². The van der Waals surface area contributed by atoms with E-state index in [0.717, 1.165) is 6.42 Å². The number of hydrogen-bond acceptors (Lipinski definition) is 4. The Kier molecular flexibility index (Phi) is 6.28. The molecule has 1 aromatic rings. The number of carbonyl (C=O) groups excluding carboxylic acids is 1. The lowest BCUT2D eigenvalue weighted by Gasteiger charge is -2.37. The van der Waals surface area contributed by atoms with E-state index in [-0.39, 0.29) is 28.9 Å². The maximum Gasteiger partial charge on any atom is 0.407 e. The first-order valence-electron chi connectivity index (χ1n) is 8.07. The number of likely N-dealkylation sites (tertiary alicyclic amines) is 1. The standard InChI is InChI=1S/C16H21ClN4O4/c1-3-6-25-12-8-21(16(23)24)5-4-11(12)20-15(22)14-10(7-18)13(17)9(2)19-14/h11-12,19H,3-6,8H2,1-2H3,(H,20,22)(H,23,24)/t11-,12+/m1/s1. The molecule has 0 radical (unpaired) electrons. The minimum absolute atomic E-state index is 0.102. The van der Waals surface area contributed by atoms with Crippen molar-refractivity contribution in [2.24, 2.45) is 0 Å². The second kappa shape index (κ2) is 8.23. The van der Waals surface area contributed by atoms with Gasteiger partial charge in [0.2, 0.25) is 0 Å². The summed E-state index contributed by atoms with van der Waals surface area (Å²) in [5.74, 6) is -0.453. The molecule has 3 N–H and O–H groups in total. The summed E-state index contributed by atoms with van der Waals surface area (Å²) in [6.07, 6.45) is -0.227. The summed E-state index contributed by atoms with van der Waals surface area (Å²) in [6, 6.07) is 1.59. The van der Waals surface area contributed by atoms with E-state index in [4.69, 9.17) is 21.4 Å². The third kappa shape index (κ3) is 4.24. The van der Waals surface area contributed by atoms with Gasteiger partial charge in [-0.2, -0.15) is 5.26 Å². The van der Waals surface area contributed by atoms with Gasteiger partial charge in [0.1, 0.15) is 17.3 Å². The SMILES string of the molecule is CCCO[C@H]1CN(C(=O)O)CC[C@H]1NC(=O)c1[nH]c(C)c(Cl)c1C#N. The Labute approximate surface area is 150 Å². The van der Waals surface area contributed by atoms with Crippen molar-refractivity contribution in [2.75, 3.05) is 19.7 Å². The average molecular weight is 369 g/mol. The molecule has 0 bridgehead atoms. The molecule has 2 amide bonds. The number of carbonyl (C=O) groups is 2. The van der Waals surface area contributed by atoms with Crippen LogP contribution in [-0.4, -0.2) is 58.8 Å². The number of aromatic nitrogens is 1. The fourth-order valence-corrected chi connectivity index (χ4v) is 3.00. The molecular weight excluding hydrogens is 348 g/mol. The second-order valence-electron chi connectivity index (χ2n) is 5.93. The van der Waals surface area contributed by atoms with Gasteiger partial charge in [0.15, 0.2) is 0 Å². The third-order valence-electron chi connectivity index (χ3n) is 4.13. The summed E-state index contributed by atoms with van der Waals surface area (Å²) < 4.78 is 5.73. The van der Waals surface area contributed by atoms with Gasteiger partial charge in [-0.3, -0.25) is 4.79 Å².